The van der Waals surface area contributed by atoms with Gasteiger partial charge in [0.15, 0.2) is 0 Å². The van der Waals surface area contributed by atoms with E-state index in [1.54, 1.807) is 12.1 Å². The molecule has 1 aromatic carbocycles. The minimum Gasteiger partial charge on any atom is -0.122 e. The lowest BCUT2D eigenvalue weighted by Gasteiger charge is -1.93. The fraction of sp³-hybridized carbons (Fsp3) is 0.250. The molecule has 0 heterocycles. The number of aryl methyl sites for hydroxylation is 1. The van der Waals surface area contributed by atoms with Crippen molar-refractivity contribution in [3.63, 3.8) is 0 Å². The fourth-order valence-electron chi connectivity index (χ4n) is 0.617. The molecule has 0 spiro atoms. The highest BCUT2D eigenvalue weighted by molar-refractivity contribution is 6.17. The summed E-state index contributed by atoms with van der Waals surface area (Å²) in [5.74, 6) is -1.74. The van der Waals surface area contributed by atoms with Gasteiger partial charge in [0.2, 0.25) is 0 Å². The van der Waals surface area contributed by atoms with Crippen LogP contribution in [0, 0.1) is 6.92 Å². The molecule has 0 saturated carbocycles. The molecule has 1 rings (SSSR count). The standard InChI is InChI=1S/C8H9Cl/c1-7-2-4-8(6-9)5-3-7/h2-5H,6H2,1H3/i6D2. The second-order valence-electron chi connectivity index (χ2n) is 1.96. The molecule has 0 aliphatic heterocycles. The van der Waals surface area contributed by atoms with Gasteiger partial charge < -0.3 is 0 Å². The van der Waals surface area contributed by atoms with Crippen molar-refractivity contribution in [1.29, 1.82) is 0 Å². The lowest BCUT2D eigenvalue weighted by Crippen LogP contribution is -1.75. The summed E-state index contributed by atoms with van der Waals surface area (Å²) in [6.45, 7) is 1.95. The predicted molar refractivity (Wildman–Crippen MR) is 40.7 cm³/mol. The maximum Gasteiger partial charge on any atom is 0.0486 e. The Morgan fingerprint density at radius 2 is 2.00 bits per heavy atom. The monoisotopic (exact) mass is 142 g/mol. The molecule has 0 aliphatic carbocycles. The van der Waals surface area contributed by atoms with Crippen molar-refractivity contribution < 1.29 is 2.74 Å². The molecule has 0 amide bonds. The molecule has 48 valence electrons. The van der Waals surface area contributed by atoms with E-state index < -0.39 is 5.83 Å². The number of hydrogen-bond donors (Lipinski definition) is 0. The summed E-state index contributed by atoms with van der Waals surface area (Å²) >= 11 is 5.44. The average Bonchev–Trinajstić information content (AvgIpc) is 1.86. The van der Waals surface area contributed by atoms with E-state index in [0.29, 0.717) is 5.56 Å². The molecule has 1 aromatic rings. The zero-order valence-corrected chi connectivity index (χ0v) is 5.94. The Labute approximate surface area is 63.3 Å². The van der Waals surface area contributed by atoms with Gasteiger partial charge in [-0.1, -0.05) is 29.8 Å². The summed E-state index contributed by atoms with van der Waals surface area (Å²) < 4.78 is 14.4. The normalized spacial score (nSPS) is 14.4. The van der Waals surface area contributed by atoms with Crippen LogP contribution in [-0.4, -0.2) is 0 Å². The molecule has 0 aliphatic rings. The molecule has 0 N–H and O–H groups in total. The SMILES string of the molecule is [2H]C([2H])(Cl)c1ccc(C)cc1. The van der Waals surface area contributed by atoms with Crippen molar-refractivity contribution in [2.75, 3.05) is 0 Å². The Hall–Kier alpha value is -0.490. The van der Waals surface area contributed by atoms with Crippen LogP contribution in [0.5, 0.6) is 0 Å². The second-order valence-corrected chi connectivity index (χ2v) is 2.15. The second kappa shape index (κ2) is 2.88. The quantitative estimate of drug-likeness (QED) is 0.529. The van der Waals surface area contributed by atoms with Gasteiger partial charge in [-0.2, -0.15) is 0 Å². The highest BCUT2D eigenvalue weighted by Crippen LogP contribution is 2.04. The Balaban J connectivity index is 2.99. The van der Waals surface area contributed by atoms with Gasteiger partial charge in [0, 0.05) is 8.57 Å². The maximum absolute atomic E-state index is 7.18. The van der Waals surface area contributed by atoms with E-state index in [4.69, 9.17) is 14.3 Å². The van der Waals surface area contributed by atoms with E-state index in [9.17, 15) is 0 Å². The van der Waals surface area contributed by atoms with Crippen molar-refractivity contribution in [2.45, 2.75) is 12.8 Å². The van der Waals surface area contributed by atoms with Crippen LogP contribution in [0.3, 0.4) is 0 Å². The Morgan fingerprint density at radius 3 is 2.44 bits per heavy atom. The molecule has 0 radical (unpaired) electrons. The fourth-order valence-corrected chi connectivity index (χ4v) is 0.743. The van der Waals surface area contributed by atoms with E-state index in [1.165, 1.54) is 0 Å². The molecular formula is C8H9Cl. The van der Waals surface area contributed by atoms with Crippen LogP contribution in [-0.2, 0) is 5.83 Å². The molecule has 0 saturated heterocycles. The van der Waals surface area contributed by atoms with Crippen LogP contribution in [0.4, 0.5) is 0 Å². The smallest absolute Gasteiger partial charge is 0.0486 e. The summed E-state index contributed by atoms with van der Waals surface area (Å²) in [5.41, 5.74) is 1.61. The van der Waals surface area contributed by atoms with Crippen molar-refractivity contribution in [1.82, 2.24) is 0 Å². The molecule has 0 bridgehead atoms. The third-order valence-corrected chi connectivity index (χ3v) is 1.38. The number of hydrogen-bond acceptors (Lipinski definition) is 0. The first-order valence-corrected chi connectivity index (χ1v) is 3.14. The molecule has 1 heteroatoms. The van der Waals surface area contributed by atoms with E-state index >= 15 is 0 Å². The third-order valence-electron chi connectivity index (χ3n) is 1.16. The minimum absolute atomic E-state index is 0.504. The third kappa shape index (κ3) is 1.72. The van der Waals surface area contributed by atoms with Crippen LogP contribution in [0.1, 0.15) is 13.9 Å². The van der Waals surface area contributed by atoms with Gasteiger partial charge in [0.25, 0.3) is 0 Å². The highest BCUT2D eigenvalue weighted by Gasteiger charge is 1.86. The lowest BCUT2D eigenvalue weighted by molar-refractivity contribution is 1.36. The molecule has 9 heavy (non-hydrogen) atoms. The van der Waals surface area contributed by atoms with Gasteiger partial charge in [-0.15, -0.1) is 11.6 Å². The van der Waals surface area contributed by atoms with Crippen molar-refractivity contribution in [2.24, 2.45) is 0 Å². The van der Waals surface area contributed by atoms with Crippen LogP contribution in [0.25, 0.3) is 0 Å². The average molecular weight is 143 g/mol. The molecular weight excluding hydrogens is 132 g/mol. The molecule has 0 unspecified atom stereocenters. The largest absolute Gasteiger partial charge is 0.122 e. The number of halogens is 1. The van der Waals surface area contributed by atoms with Gasteiger partial charge in [0.05, 0.1) is 0 Å². The van der Waals surface area contributed by atoms with Crippen LogP contribution >= 0.6 is 11.6 Å². The Kier molecular flexibility index (Phi) is 1.39. The van der Waals surface area contributed by atoms with Crippen molar-refractivity contribution >= 4 is 11.6 Å². The van der Waals surface area contributed by atoms with Gasteiger partial charge in [0.1, 0.15) is 0 Å². The lowest BCUT2D eigenvalue weighted by atomic mass is 10.2. The minimum atomic E-state index is -1.74. The van der Waals surface area contributed by atoms with E-state index in [1.807, 2.05) is 19.1 Å². The van der Waals surface area contributed by atoms with Gasteiger partial charge >= 0.3 is 0 Å². The zero-order chi connectivity index (χ0) is 8.48. The molecule has 0 nitrogen and oxygen atoms in total. The van der Waals surface area contributed by atoms with Crippen molar-refractivity contribution in [3.05, 3.63) is 35.4 Å². The Morgan fingerprint density at radius 1 is 1.44 bits per heavy atom. The number of rotatable bonds is 1. The first-order valence-electron chi connectivity index (χ1n) is 3.76. The number of benzene rings is 1. The molecule has 0 atom stereocenters. The molecule has 0 fully saturated rings. The summed E-state index contributed by atoms with van der Waals surface area (Å²) in [4.78, 5) is 0. The summed E-state index contributed by atoms with van der Waals surface area (Å²) in [5, 5.41) is 0. The summed E-state index contributed by atoms with van der Waals surface area (Å²) in [6.07, 6.45) is 0. The summed E-state index contributed by atoms with van der Waals surface area (Å²) in [7, 11) is 0. The van der Waals surface area contributed by atoms with E-state index in [-0.39, 0.29) is 0 Å². The van der Waals surface area contributed by atoms with Crippen LogP contribution < -0.4 is 0 Å². The van der Waals surface area contributed by atoms with Crippen LogP contribution in [0.2, 0.25) is 0 Å². The Bertz CT molecular complexity index is 235. The van der Waals surface area contributed by atoms with Gasteiger partial charge in [-0.3, -0.25) is 0 Å². The summed E-state index contributed by atoms with van der Waals surface area (Å²) in [6, 6.07) is 7.08. The zero-order valence-electron chi connectivity index (χ0n) is 7.19. The molecule has 0 aromatic heterocycles. The first-order chi connectivity index (χ1) is 5.00. The topological polar surface area (TPSA) is 0 Å². The van der Waals surface area contributed by atoms with Crippen LogP contribution in [0.15, 0.2) is 24.3 Å². The maximum atomic E-state index is 7.18. The van der Waals surface area contributed by atoms with E-state index in [2.05, 4.69) is 0 Å². The van der Waals surface area contributed by atoms with Crippen molar-refractivity contribution in [3.8, 4) is 0 Å². The van der Waals surface area contributed by atoms with Gasteiger partial charge in [-0.05, 0) is 12.5 Å². The van der Waals surface area contributed by atoms with Gasteiger partial charge in [-0.25, -0.2) is 0 Å². The highest BCUT2D eigenvalue weighted by atomic mass is 35.5. The first kappa shape index (κ1) is 4.35. The predicted octanol–water partition coefficient (Wildman–Crippen LogP) is 2.73. The van der Waals surface area contributed by atoms with E-state index in [0.717, 1.165) is 5.56 Å². The number of alkyl halides is 1.